The minimum atomic E-state index is -0.278. The molecule has 4 nitrogen and oxygen atoms in total. The van der Waals surface area contributed by atoms with Crippen LogP contribution in [0.25, 0.3) is 16.9 Å². The van der Waals surface area contributed by atoms with E-state index in [2.05, 4.69) is 15.0 Å². The van der Waals surface area contributed by atoms with Crippen LogP contribution in [0.2, 0.25) is 5.15 Å². The Morgan fingerprint density at radius 1 is 1.15 bits per heavy atom. The largest absolute Gasteiger partial charge is 0.281 e. The topological polar surface area (TPSA) is 43.6 Å². The minimum absolute atomic E-state index is 0.278. The second kappa shape index (κ2) is 4.83. The maximum atomic E-state index is 13.1. The summed E-state index contributed by atoms with van der Waals surface area (Å²) in [5.74, 6) is 1.11. The van der Waals surface area contributed by atoms with Gasteiger partial charge in [0.15, 0.2) is 10.8 Å². The molecule has 0 saturated heterocycles. The Morgan fingerprint density at radius 2 is 1.85 bits per heavy atom. The van der Waals surface area contributed by atoms with E-state index in [9.17, 15) is 4.39 Å². The van der Waals surface area contributed by atoms with Crippen LogP contribution in [0.4, 0.5) is 4.39 Å². The van der Waals surface area contributed by atoms with Crippen LogP contribution < -0.4 is 0 Å². The number of rotatable bonds is 2. The Labute approximate surface area is 120 Å². The number of aryl methyl sites for hydroxylation is 2. The van der Waals surface area contributed by atoms with Crippen LogP contribution in [0, 0.1) is 12.7 Å². The molecule has 0 amide bonds. The molecule has 2 aromatic heterocycles. The summed E-state index contributed by atoms with van der Waals surface area (Å²) < 4.78 is 15.0. The van der Waals surface area contributed by atoms with Gasteiger partial charge in [-0.25, -0.2) is 19.3 Å². The minimum Gasteiger partial charge on any atom is -0.281 e. The Morgan fingerprint density at radius 3 is 2.50 bits per heavy atom. The lowest BCUT2D eigenvalue weighted by molar-refractivity contribution is 0.627. The highest BCUT2D eigenvalue weighted by atomic mass is 35.5. The van der Waals surface area contributed by atoms with Crippen molar-refractivity contribution < 1.29 is 4.39 Å². The maximum absolute atomic E-state index is 13.1. The van der Waals surface area contributed by atoms with Gasteiger partial charge < -0.3 is 0 Å². The summed E-state index contributed by atoms with van der Waals surface area (Å²) >= 11 is 6.13. The summed E-state index contributed by atoms with van der Waals surface area (Å²) in [6.07, 6.45) is 0.711. The molecule has 2 heterocycles. The SMILES string of the molecule is CCc1nc2c(Cl)nc(C)nc2n1-c1ccc(F)cc1. The molecule has 3 rings (SSSR count). The van der Waals surface area contributed by atoms with Crippen LogP contribution in [0.5, 0.6) is 0 Å². The van der Waals surface area contributed by atoms with Gasteiger partial charge in [0.1, 0.15) is 23.0 Å². The molecular weight excluding hydrogens is 279 g/mol. The Kier molecular flexibility index (Phi) is 3.14. The van der Waals surface area contributed by atoms with Crippen molar-refractivity contribution in [3.63, 3.8) is 0 Å². The molecule has 0 N–H and O–H groups in total. The van der Waals surface area contributed by atoms with E-state index in [1.54, 1.807) is 19.1 Å². The molecular formula is C14H12ClFN4. The van der Waals surface area contributed by atoms with E-state index in [-0.39, 0.29) is 5.82 Å². The smallest absolute Gasteiger partial charge is 0.169 e. The van der Waals surface area contributed by atoms with E-state index in [0.717, 1.165) is 11.5 Å². The van der Waals surface area contributed by atoms with Crippen molar-refractivity contribution in [2.75, 3.05) is 0 Å². The standard InChI is InChI=1S/C14H12ClFN4/c1-3-11-19-12-13(15)17-8(2)18-14(12)20(11)10-6-4-9(16)5-7-10/h4-7H,3H2,1-2H3. The van der Waals surface area contributed by atoms with Gasteiger partial charge >= 0.3 is 0 Å². The highest BCUT2D eigenvalue weighted by molar-refractivity contribution is 6.33. The fourth-order valence-electron chi connectivity index (χ4n) is 2.17. The molecule has 102 valence electrons. The molecule has 0 radical (unpaired) electrons. The quantitative estimate of drug-likeness (QED) is 0.679. The number of fused-ring (bicyclic) bond motifs is 1. The van der Waals surface area contributed by atoms with Gasteiger partial charge in [0.2, 0.25) is 0 Å². The zero-order valence-electron chi connectivity index (χ0n) is 11.1. The first-order valence-corrected chi connectivity index (χ1v) is 6.65. The maximum Gasteiger partial charge on any atom is 0.169 e. The molecule has 0 unspecified atom stereocenters. The van der Waals surface area contributed by atoms with Gasteiger partial charge in [-0.15, -0.1) is 0 Å². The van der Waals surface area contributed by atoms with Crippen LogP contribution in [0.1, 0.15) is 18.6 Å². The summed E-state index contributed by atoms with van der Waals surface area (Å²) in [6.45, 7) is 3.77. The molecule has 0 aliphatic carbocycles. The number of hydrogen-bond acceptors (Lipinski definition) is 3. The summed E-state index contributed by atoms with van der Waals surface area (Å²) in [4.78, 5) is 13.0. The highest BCUT2D eigenvalue weighted by Gasteiger charge is 2.16. The third kappa shape index (κ3) is 2.04. The number of aromatic nitrogens is 4. The van der Waals surface area contributed by atoms with Gasteiger partial charge in [0.25, 0.3) is 0 Å². The van der Waals surface area contributed by atoms with Crippen LogP contribution in [-0.4, -0.2) is 19.5 Å². The van der Waals surface area contributed by atoms with Gasteiger partial charge in [-0.2, -0.15) is 0 Å². The molecule has 1 aromatic carbocycles. The molecule has 20 heavy (non-hydrogen) atoms. The lowest BCUT2D eigenvalue weighted by Crippen LogP contribution is -2.02. The van der Waals surface area contributed by atoms with Crippen LogP contribution in [-0.2, 0) is 6.42 Å². The summed E-state index contributed by atoms with van der Waals surface area (Å²) in [5.41, 5.74) is 2.02. The number of hydrogen-bond donors (Lipinski definition) is 0. The second-order valence-corrected chi connectivity index (χ2v) is 4.79. The molecule has 0 bridgehead atoms. The van der Waals surface area contributed by atoms with Crippen LogP contribution in [0.3, 0.4) is 0 Å². The second-order valence-electron chi connectivity index (χ2n) is 4.43. The third-order valence-corrected chi connectivity index (χ3v) is 3.31. The van der Waals surface area contributed by atoms with E-state index in [1.807, 2.05) is 11.5 Å². The molecule has 0 saturated carbocycles. The molecule has 3 aromatic rings. The number of nitrogens with zero attached hydrogens (tertiary/aromatic N) is 4. The van der Waals surface area contributed by atoms with Crippen molar-refractivity contribution >= 4 is 22.8 Å². The molecule has 0 aliphatic heterocycles. The summed E-state index contributed by atoms with van der Waals surface area (Å²) in [7, 11) is 0. The van der Waals surface area contributed by atoms with E-state index in [1.165, 1.54) is 12.1 Å². The Balaban J connectivity index is 2.35. The van der Waals surface area contributed by atoms with E-state index in [0.29, 0.717) is 28.6 Å². The fourth-order valence-corrected chi connectivity index (χ4v) is 2.42. The van der Waals surface area contributed by atoms with Crippen LogP contribution in [0.15, 0.2) is 24.3 Å². The zero-order valence-corrected chi connectivity index (χ0v) is 11.8. The van der Waals surface area contributed by atoms with Crippen molar-refractivity contribution in [3.8, 4) is 5.69 Å². The van der Waals surface area contributed by atoms with Gasteiger partial charge in [-0.05, 0) is 31.2 Å². The van der Waals surface area contributed by atoms with Crippen molar-refractivity contribution in [2.45, 2.75) is 20.3 Å². The number of benzene rings is 1. The molecule has 0 fully saturated rings. The summed E-state index contributed by atoms with van der Waals surface area (Å²) in [6, 6.07) is 6.22. The normalized spacial score (nSPS) is 11.2. The number of imidazole rings is 1. The molecule has 6 heteroatoms. The van der Waals surface area contributed by atoms with Gasteiger partial charge in [-0.1, -0.05) is 18.5 Å². The summed E-state index contributed by atoms with van der Waals surface area (Å²) in [5, 5.41) is 0.336. The zero-order chi connectivity index (χ0) is 14.3. The van der Waals surface area contributed by atoms with E-state index >= 15 is 0 Å². The fraction of sp³-hybridized carbons (Fsp3) is 0.214. The molecule has 0 aliphatic rings. The van der Waals surface area contributed by atoms with Gasteiger partial charge in [0, 0.05) is 12.1 Å². The molecule has 0 spiro atoms. The first-order chi connectivity index (χ1) is 9.60. The highest BCUT2D eigenvalue weighted by Crippen LogP contribution is 2.25. The lowest BCUT2D eigenvalue weighted by Gasteiger charge is -2.07. The number of halogens is 2. The average molecular weight is 291 g/mol. The van der Waals surface area contributed by atoms with E-state index in [4.69, 9.17) is 11.6 Å². The average Bonchev–Trinajstić information content (AvgIpc) is 2.78. The van der Waals surface area contributed by atoms with Crippen molar-refractivity contribution in [1.29, 1.82) is 0 Å². The van der Waals surface area contributed by atoms with Crippen molar-refractivity contribution in [3.05, 3.63) is 46.9 Å². The monoisotopic (exact) mass is 290 g/mol. The van der Waals surface area contributed by atoms with Crippen molar-refractivity contribution in [2.24, 2.45) is 0 Å². The van der Waals surface area contributed by atoms with E-state index < -0.39 is 0 Å². The third-order valence-electron chi connectivity index (χ3n) is 3.05. The first kappa shape index (κ1) is 13.0. The van der Waals surface area contributed by atoms with Gasteiger partial charge in [0.05, 0.1) is 0 Å². The van der Waals surface area contributed by atoms with Crippen LogP contribution >= 0.6 is 11.6 Å². The molecule has 0 atom stereocenters. The lowest BCUT2D eigenvalue weighted by atomic mass is 10.3. The predicted molar refractivity (Wildman–Crippen MR) is 75.7 cm³/mol. The van der Waals surface area contributed by atoms with Crippen molar-refractivity contribution in [1.82, 2.24) is 19.5 Å². The Hall–Kier alpha value is -2.01. The Bertz CT molecular complexity index is 780. The predicted octanol–water partition coefficient (Wildman–Crippen LogP) is 3.48. The van der Waals surface area contributed by atoms with Gasteiger partial charge in [-0.3, -0.25) is 4.57 Å². The first-order valence-electron chi connectivity index (χ1n) is 6.27.